The standard InChI is InChI=1S/C20H21N7O/c28-20(23-14-16-4-3-6-21-13-16)17-12-19(25-15-24-17)27-10-8-26(9-11-27)18-5-1-2-7-22-18/h1-7,12-13,15H,8-11,14H2,(H,23,28). The van der Waals surface area contributed by atoms with Gasteiger partial charge in [0.25, 0.3) is 5.91 Å². The van der Waals surface area contributed by atoms with Crippen LogP contribution in [0.1, 0.15) is 16.1 Å². The van der Waals surface area contributed by atoms with Gasteiger partial charge in [-0.15, -0.1) is 0 Å². The molecule has 1 aliphatic rings. The third-order valence-electron chi connectivity index (χ3n) is 4.64. The van der Waals surface area contributed by atoms with Crippen molar-refractivity contribution in [3.05, 3.63) is 72.6 Å². The summed E-state index contributed by atoms with van der Waals surface area (Å²) in [6, 6.07) is 11.4. The lowest BCUT2D eigenvalue weighted by molar-refractivity contribution is 0.0945. The van der Waals surface area contributed by atoms with Gasteiger partial charge in [-0.2, -0.15) is 0 Å². The predicted octanol–water partition coefficient (Wildman–Crippen LogP) is 1.52. The van der Waals surface area contributed by atoms with Crippen molar-refractivity contribution >= 4 is 17.5 Å². The van der Waals surface area contributed by atoms with E-state index >= 15 is 0 Å². The Labute approximate surface area is 163 Å². The monoisotopic (exact) mass is 375 g/mol. The van der Waals surface area contributed by atoms with Crippen molar-refractivity contribution in [1.82, 2.24) is 25.3 Å². The van der Waals surface area contributed by atoms with Crippen molar-refractivity contribution in [2.24, 2.45) is 0 Å². The van der Waals surface area contributed by atoms with Crippen molar-refractivity contribution in [3.63, 3.8) is 0 Å². The first-order valence-corrected chi connectivity index (χ1v) is 9.20. The quantitative estimate of drug-likeness (QED) is 0.723. The number of piperazine rings is 1. The number of amides is 1. The van der Waals surface area contributed by atoms with Crippen LogP contribution in [-0.4, -0.2) is 52.0 Å². The number of hydrogen-bond acceptors (Lipinski definition) is 7. The zero-order chi connectivity index (χ0) is 19.2. The largest absolute Gasteiger partial charge is 0.353 e. The second-order valence-corrected chi connectivity index (χ2v) is 6.47. The van der Waals surface area contributed by atoms with E-state index in [0.29, 0.717) is 12.2 Å². The number of pyridine rings is 2. The molecule has 0 unspecified atom stereocenters. The molecule has 142 valence electrons. The summed E-state index contributed by atoms with van der Waals surface area (Å²) in [6.07, 6.45) is 6.68. The van der Waals surface area contributed by atoms with Gasteiger partial charge in [0, 0.05) is 57.4 Å². The molecule has 1 aliphatic heterocycles. The highest BCUT2D eigenvalue weighted by Crippen LogP contribution is 2.17. The molecule has 0 radical (unpaired) electrons. The van der Waals surface area contributed by atoms with Crippen LogP contribution in [0.4, 0.5) is 11.6 Å². The van der Waals surface area contributed by atoms with Gasteiger partial charge in [-0.25, -0.2) is 15.0 Å². The van der Waals surface area contributed by atoms with Gasteiger partial charge in [-0.3, -0.25) is 9.78 Å². The fourth-order valence-electron chi connectivity index (χ4n) is 3.13. The van der Waals surface area contributed by atoms with Crippen LogP contribution < -0.4 is 15.1 Å². The fraction of sp³-hybridized carbons (Fsp3) is 0.250. The highest BCUT2D eigenvalue weighted by Gasteiger charge is 2.20. The lowest BCUT2D eigenvalue weighted by atomic mass is 10.2. The first-order chi connectivity index (χ1) is 13.8. The highest BCUT2D eigenvalue weighted by atomic mass is 16.1. The van der Waals surface area contributed by atoms with Crippen LogP contribution in [-0.2, 0) is 6.54 Å². The molecular formula is C20H21N7O. The molecule has 8 nitrogen and oxygen atoms in total. The molecule has 1 amide bonds. The molecule has 0 atom stereocenters. The minimum atomic E-state index is -0.223. The zero-order valence-electron chi connectivity index (χ0n) is 15.4. The molecule has 0 aromatic carbocycles. The van der Waals surface area contributed by atoms with Crippen molar-refractivity contribution in [2.45, 2.75) is 6.54 Å². The van der Waals surface area contributed by atoms with E-state index in [9.17, 15) is 4.79 Å². The van der Waals surface area contributed by atoms with Crippen LogP contribution >= 0.6 is 0 Å². The lowest BCUT2D eigenvalue weighted by Crippen LogP contribution is -2.47. The topological polar surface area (TPSA) is 87.1 Å². The summed E-state index contributed by atoms with van der Waals surface area (Å²) < 4.78 is 0. The Morgan fingerprint density at radius 2 is 1.75 bits per heavy atom. The molecule has 0 saturated carbocycles. The second kappa shape index (κ2) is 8.43. The number of hydrogen-bond donors (Lipinski definition) is 1. The van der Waals surface area contributed by atoms with Gasteiger partial charge >= 0.3 is 0 Å². The van der Waals surface area contributed by atoms with E-state index in [1.165, 1.54) is 6.33 Å². The number of nitrogens with one attached hydrogen (secondary N) is 1. The summed E-state index contributed by atoms with van der Waals surface area (Å²) in [6.45, 7) is 3.73. The summed E-state index contributed by atoms with van der Waals surface area (Å²) >= 11 is 0. The molecule has 0 spiro atoms. The maximum absolute atomic E-state index is 12.4. The predicted molar refractivity (Wildman–Crippen MR) is 106 cm³/mol. The van der Waals surface area contributed by atoms with Crippen molar-refractivity contribution in [1.29, 1.82) is 0 Å². The molecular weight excluding hydrogens is 354 g/mol. The van der Waals surface area contributed by atoms with Gasteiger partial charge in [0.15, 0.2) is 0 Å². The molecule has 3 aromatic rings. The van der Waals surface area contributed by atoms with E-state index in [-0.39, 0.29) is 5.91 Å². The summed E-state index contributed by atoms with van der Waals surface area (Å²) in [5, 5.41) is 2.87. The van der Waals surface area contributed by atoms with Crippen molar-refractivity contribution < 1.29 is 4.79 Å². The van der Waals surface area contributed by atoms with E-state index in [1.54, 1.807) is 18.5 Å². The molecule has 8 heteroatoms. The Hall–Kier alpha value is -3.55. The number of anilines is 2. The third-order valence-corrected chi connectivity index (χ3v) is 4.64. The third kappa shape index (κ3) is 4.22. The number of carbonyl (C=O) groups excluding carboxylic acids is 1. The Balaban J connectivity index is 1.37. The first-order valence-electron chi connectivity index (χ1n) is 9.20. The van der Waals surface area contributed by atoms with E-state index in [0.717, 1.165) is 43.4 Å². The van der Waals surface area contributed by atoms with Gasteiger partial charge in [-0.05, 0) is 23.8 Å². The van der Waals surface area contributed by atoms with Crippen LogP contribution in [0.3, 0.4) is 0 Å². The summed E-state index contributed by atoms with van der Waals surface area (Å²) in [5.74, 6) is 1.53. The molecule has 1 fully saturated rings. The first kappa shape index (κ1) is 17.8. The number of rotatable bonds is 5. The maximum atomic E-state index is 12.4. The summed E-state index contributed by atoms with van der Waals surface area (Å²) in [7, 11) is 0. The molecule has 1 N–H and O–H groups in total. The van der Waals surface area contributed by atoms with Crippen LogP contribution in [0.25, 0.3) is 0 Å². The zero-order valence-corrected chi connectivity index (χ0v) is 15.4. The number of aromatic nitrogens is 4. The average molecular weight is 375 g/mol. The minimum absolute atomic E-state index is 0.223. The van der Waals surface area contributed by atoms with Gasteiger partial charge in [-0.1, -0.05) is 12.1 Å². The Bertz CT molecular complexity index is 912. The Morgan fingerprint density at radius 3 is 2.46 bits per heavy atom. The smallest absolute Gasteiger partial charge is 0.270 e. The Kier molecular flexibility index (Phi) is 5.37. The van der Waals surface area contributed by atoms with Crippen molar-refractivity contribution in [2.75, 3.05) is 36.0 Å². The van der Waals surface area contributed by atoms with E-state index in [1.807, 2.05) is 36.5 Å². The van der Waals surface area contributed by atoms with Crippen LogP contribution in [0.15, 0.2) is 61.3 Å². The summed E-state index contributed by atoms with van der Waals surface area (Å²) in [5.41, 5.74) is 1.30. The van der Waals surface area contributed by atoms with Crippen LogP contribution in [0.5, 0.6) is 0 Å². The number of carbonyl (C=O) groups is 1. The average Bonchev–Trinajstić information content (AvgIpc) is 2.79. The molecule has 1 saturated heterocycles. The molecule has 4 heterocycles. The molecule has 4 rings (SSSR count). The van der Waals surface area contributed by atoms with E-state index in [2.05, 4.69) is 35.1 Å². The number of nitrogens with zero attached hydrogens (tertiary/aromatic N) is 6. The van der Waals surface area contributed by atoms with Gasteiger partial charge < -0.3 is 15.1 Å². The lowest BCUT2D eigenvalue weighted by Gasteiger charge is -2.36. The van der Waals surface area contributed by atoms with E-state index in [4.69, 9.17) is 0 Å². The van der Waals surface area contributed by atoms with Crippen LogP contribution in [0.2, 0.25) is 0 Å². The van der Waals surface area contributed by atoms with E-state index < -0.39 is 0 Å². The molecule has 28 heavy (non-hydrogen) atoms. The van der Waals surface area contributed by atoms with Gasteiger partial charge in [0.2, 0.25) is 0 Å². The maximum Gasteiger partial charge on any atom is 0.270 e. The van der Waals surface area contributed by atoms with Crippen LogP contribution in [0, 0.1) is 0 Å². The SMILES string of the molecule is O=C(NCc1cccnc1)c1cc(N2CCN(c3ccccn3)CC2)ncn1. The second-order valence-electron chi connectivity index (χ2n) is 6.47. The van der Waals surface area contributed by atoms with Gasteiger partial charge in [0.05, 0.1) is 0 Å². The highest BCUT2D eigenvalue weighted by molar-refractivity contribution is 5.92. The van der Waals surface area contributed by atoms with Crippen molar-refractivity contribution in [3.8, 4) is 0 Å². The van der Waals surface area contributed by atoms with Gasteiger partial charge in [0.1, 0.15) is 23.7 Å². The molecule has 3 aromatic heterocycles. The Morgan fingerprint density at radius 1 is 0.929 bits per heavy atom. The normalized spacial score (nSPS) is 14.0. The molecule has 0 aliphatic carbocycles. The summed E-state index contributed by atoms with van der Waals surface area (Å²) in [4.78, 5) is 33.8. The molecule has 0 bridgehead atoms. The fourth-order valence-corrected chi connectivity index (χ4v) is 3.13. The minimum Gasteiger partial charge on any atom is -0.353 e.